The molecular weight excluding hydrogens is 310 g/mol. The van der Waals surface area contributed by atoms with E-state index in [9.17, 15) is 4.79 Å². The fraction of sp³-hybridized carbons (Fsp3) is 0.286. The molecule has 1 saturated heterocycles. The maximum absolute atomic E-state index is 12.4. The molecular formula is C21H23N3O. The first-order valence-electron chi connectivity index (χ1n) is 8.95. The third-order valence-electron chi connectivity index (χ3n) is 5.06. The number of nitrogens with one attached hydrogen (secondary N) is 3. The van der Waals surface area contributed by atoms with E-state index in [-0.39, 0.29) is 17.9 Å². The molecule has 2 heterocycles. The van der Waals surface area contributed by atoms with Crippen LogP contribution in [0, 0.1) is 0 Å². The van der Waals surface area contributed by atoms with Crippen molar-refractivity contribution in [1.82, 2.24) is 15.6 Å². The van der Waals surface area contributed by atoms with E-state index in [0.29, 0.717) is 6.54 Å². The predicted octanol–water partition coefficient (Wildman–Crippen LogP) is 3.17. The summed E-state index contributed by atoms with van der Waals surface area (Å²) in [5.74, 6) is 0.237. The number of hydrogen-bond donors (Lipinski definition) is 3. The van der Waals surface area contributed by atoms with Crippen molar-refractivity contribution in [2.45, 2.75) is 24.8 Å². The van der Waals surface area contributed by atoms with E-state index in [1.165, 1.54) is 16.5 Å². The van der Waals surface area contributed by atoms with E-state index in [2.05, 4.69) is 64.3 Å². The number of aromatic amines is 1. The molecule has 4 heteroatoms. The molecule has 25 heavy (non-hydrogen) atoms. The summed E-state index contributed by atoms with van der Waals surface area (Å²) >= 11 is 0. The summed E-state index contributed by atoms with van der Waals surface area (Å²) < 4.78 is 0. The fourth-order valence-electron chi connectivity index (χ4n) is 3.71. The van der Waals surface area contributed by atoms with Crippen LogP contribution in [0.15, 0.2) is 60.8 Å². The van der Waals surface area contributed by atoms with E-state index in [1.54, 1.807) is 0 Å². The predicted molar refractivity (Wildman–Crippen MR) is 101 cm³/mol. The van der Waals surface area contributed by atoms with Crippen LogP contribution in [0.5, 0.6) is 0 Å². The lowest BCUT2D eigenvalue weighted by Gasteiger charge is -2.19. The molecule has 1 aliphatic rings. The van der Waals surface area contributed by atoms with Crippen molar-refractivity contribution >= 4 is 16.8 Å². The topological polar surface area (TPSA) is 56.9 Å². The second-order valence-corrected chi connectivity index (χ2v) is 6.65. The molecule has 4 nitrogen and oxygen atoms in total. The molecule has 1 fully saturated rings. The molecule has 3 aromatic rings. The minimum absolute atomic E-state index is 0.0422. The number of aromatic nitrogens is 1. The van der Waals surface area contributed by atoms with E-state index >= 15 is 0 Å². The largest absolute Gasteiger partial charge is 0.361 e. The Kier molecular flexibility index (Phi) is 4.53. The van der Waals surface area contributed by atoms with Crippen LogP contribution in [0.2, 0.25) is 0 Å². The quantitative estimate of drug-likeness (QED) is 0.672. The molecule has 3 N–H and O–H groups in total. The number of fused-ring (bicyclic) bond motifs is 1. The van der Waals surface area contributed by atoms with Gasteiger partial charge in [0.05, 0.1) is 6.04 Å². The minimum Gasteiger partial charge on any atom is -0.361 e. The maximum Gasteiger partial charge on any atom is 0.237 e. The van der Waals surface area contributed by atoms with Gasteiger partial charge in [0.25, 0.3) is 0 Å². The molecule has 0 bridgehead atoms. The van der Waals surface area contributed by atoms with E-state index < -0.39 is 0 Å². The van der Waals surface area contributed by atoms with Gasteiger partial charge in [-0.1, -0.05) is 48.5 Å². The Bertz CT molecular complexity index is 850. The average Bonchev–Trinajstić information content (AvgIpc) is 3.33. The average molecular weight is 333 g/mol. The molecule has 0 saturated carbocycles. The first-order chi connectivity index (χ1) is 12.3. The molecule has 128 valence electrons. The van der Waals surface area contributed by atoms with Gasteiger partial charge in [-0.2, -0.15) is 0 Å². The highest BCUT2D eigenvalue weighted by atomic mass is 16.2. The monoisotopic (exact) mass is 333 g/mol. The van der Waals surface area contributed by atoms with Crippen molar-refractivity contribution < 1.29 is 4.79 Å². The number of amides is 1. The summed E-state index contributed by atoms with van der Waals surface area (Å²) in [7, 11) is 0. The Morgan fingerprint density at radius 2 is 1.92 bits per heavy atom. The van der Waals surface area contributed by atoms with Gasteiger partial charge in [-0.05, 0) is 36.6 Å². The van der Waals surface area contributed by atoms with Gasteiger partial charge >= 0.3 is 0 Å². The molecule has 2 aromatic carbocycles. The molecule has 0 spiro atoms. The molecule has 1 aliphatic heterocycles. The van der Waals surface area contributed by atoms with Crippen molar-refractivity contribution in [3.63, 3.8) is 0 Å². The Morgan fingerprint density at radius 3 is 2.72 bits per heavy atom. The Balaban J connectivity index is 1.62. The molecule has 0 aliphatic carbocycles. The summed E-state index contributed by atoms with van der Waals surface area (Å²) in [5, 5.41) is 7.64. The highest BCUT2D eigenvalue weighted by molar-refractivity contribution is 5.85. The van der Waals surface area contributed by atoms with Gasteiger partial charge in [-0.15, -0.1) is 0 Å². The van der Waals surface area contributed by atoms with Crippen LogP contribution in [0.25, 0.3) is 10.9 Å². The van der Waals surface area contributed by atoms with Crippen LogP contribution < -0.4 is 10.6 Å². The minimum atomic E-state index is -0.0422. The van der Waals surface area contributed by atoms with Gasteiger partial charge in [-0.3, -0.25) is 4.79 Å². The van der Waals surface area contributed by atoms with Crippen LogP contribution in [0.3, 0.4) is 0 Å². The van der Waals surface area contributed by atoms with Crippen LogP contribution in [0.4, 0.5) is 0 Å². The van der Waals surface area contributed by atoms with Gasteiger partial charge < -0.3 is 15.6 Å². The third kappa shape index (κ3) is 3.30. The fourth-order valence-corrected chi connectivity index (χ4v) is 3.71. The van der Waals surface area contributed by atoms with E-state index in [1.807, 2.05) is 12.1 Å². The van der Waals surface area contributed by atoms with E-state index in [0.717, 1.165) is 24.9 Å². The Hall–Kier alpha value is -2.59. The lowest BCUT2D eigenvalue weighted by molar-refractivity contribution is -0.122. The number of carbonyl (C=O) groups is 1. The van der Waals surface area contributed by atoms with Crippen LogP contribution in [0.1, 0.15) is 29.9 Å². The summed E-state index contributed by atoms with van der Waals surface area (Å²) in [5.41, 5.74) is 3.57. The maximum atomic E-state index is 12.4. The second kappa shape index (κ2) is 7.11. The van der Waals surface area contributed by atoms with Gasteiger partial charge in [0.15, 0.2) is 0 Å². The highest BCUT2D eigenvalue weighted by Crippen LogP contribution is 2.30. The summed E-state index contributed by atoms with van der Waals surface area (Å²) in [4.78, 5) is 15.8. The van der Waals surface area contributed by atoms with Gasteiger partial charge in [-0.25, -0.2) is 0 Å². The van der Waals surface area contributed by atoms with Gasteiger partial charge in [0, 0.05) is 29.6 Å². The molecule has 0 radical (unpaired) electrons. The molecule has 1 amide bonds. The zero-order valence-corrected chi connectivity index (χ0v) is 14.2. The number of H-pyrrole nitrogens is 1. The zero-order valence-electron chi connectivity index (χ0n) is 14.2. The number of carbonyl (C=O) groups excluding carboxylic acids is 1. The number of benzene rings is 2. The molecule has 2 unspecified atom stereocenters. The van der Waals surface area contributed by atoms with Crippen molar-refractivity contribution in [2.75, 3.05) is 13.1 Å². The number of rotatable bonds is 5. The highest BCUT2D eigenvalue weighted by Gasteiger charge is 2.24. The number of para-hydroxylation sites is 1. The zero-order chi connectivity index (χ0) is 17.1. The summed E-state index contributed by atoms with van der Waals surface area (Å²) in [6.45, 7) is 1.53. The Morgan fingerprint density at radius 1 is 1.12 bits per heavy atom. The van der Waals surface area contributed by atoms with Crippen LogP contribution >= 0.6 is 0 Å². The van der Waals surface area contributed by atoms with Crippen LogP contribution in [-0.4, -0.2) is 30.0 Å². The van der Waals surface area contributed by atoms with E-state index in [4.69, 9.17) is 0 Å². The molecule has 1 aromatic heterocycles. The standard InChI is InChI=1S/C21H23N3O/c25-21(20-11-6-12-22-20)24-13-17(15-7-2-1-3-8-15)18-14-23-19-10-5-4-9-16(18)19/h1-5,7-10,14,17,20,22-23H,6,11-13H2,(H,24,25). The lowest BCUT2D eigenvalue weighted by atomic mass is 9.91. The third-order valence-corrected chi connectivity index (χ3v) is 5.06. The first-order valence-corrected chi connectivity index (χ1v) is 8.95. The normalized spacial score (nSPS) is 18.3. The van der Waals surface area contributed by atoms with Crippen LogP contribution in [-0.2, 0) is 4.79 Å². The molecule has 2 atom stereocenters. The van der Waals surface area contributed by atoms with Crippen molar-refractivity contribution in [3.05, 3.63) is 71.9 Å². The SMILES string of the molecule is O=C(NCC(c1ccccc1)c1c[nH]c2ccccc12)C1CCCN1. The summed E-state index contributed by atoms with van der Waals surface area (Å²) in [6.07, 6.45) is 4.07. The van der Waals surface area contributed by atoms with Crippen molar-refractivity contribution in [1.29, 1.82) is 0 Å². The molecule has 4 rings (SSSR count). The second-order valence-electron chi connectivity index (χ2n) is 6.65. The van der Waals surface area contributed by atoms with Gasteiger partial charge in [0.2, 0.25) is 5.91 Å². The number of hydrogen-bond acceptors (Lipinski definition) is 2. The smallest absolute Gasteiger partial charge is 0.237 e. The Labute approximate surface area is 147 Å². The van der Waals surface area contributed by atoms with Gasteiger partial charge in [0.1, 0.15) is 0 Å². The first kappa shape index (κ1) is 15.9. The van der Waals surface area contributed by atoms with Crippen molar-refractivity contribution in [2.24, 2.45) is 0 Å². The van der Waals surface area contributed by atoms with Crippen molar-refractivity contribution in [3.8, 4) is 0 Å². The lowest BCUT2D eigenvalue weighted by Crippen LogP contribution is -2.42. The summed E-state index contributed by atoms with van der Waals surface area (Å²) in [6, 6.07) is 18.7.